The minimum atomic E-state index is -0.197. The van der Waals surface area contributed by atoms with Gasteiger partial charge in [0.15, 0.2) is 0 Å². The molecule has 0 bridgehead atoms. The Bertz CT molecular complexity index is 726. The van der Waals surface area contributed by atoms with E-state index in [4.69, 9.17) is 5.26 Å². The molecule has 0 spiro atoms. The summed E-state index contributed by atoms with van der Waals surface area (Å²) in [5.41, 5.74) is 1.33. The predicted octanol–water partition coefficient (Wildman–Crippen LogP) is 1.38. The second-order valence-electron chi connectivity index (χ2n) is 4.73. The third kappa shape index (κ3) is 3.80. The molecule has 0 aliphatic heterocycles. The van der Waals surface area contributed by atoms with Gasteiger partial charge in [0.2, 0.25) is 5.91 Å². The van der Waals surface area contributed by atoms with E-state index in [2.05, 4.69) is 6.07 Å². The number of amides is 1. The van der Waals surface area contributed by atoms with Crippen molar-refractivity contribution < 1.29 is 4.79 Å². The second kappa shape index (κ2) is 6.53. The van der Waals surface area contributed by atoms with Gasteiger partial charge in [0, 0.05) is 25.9 Å². The van der Waals surface area contributed by atoms with Gasteiger partial charge in [-0.2, -0.15) is 5.26 Å². The molecule has 0 saturated carbocycles. The average molecular weight is 281 g/mol. The van der Waals surface area contributed by atoms with Crippen LogP contribution in [0, 0.1) is 11.3 Å². The third-order valence-electron chi connectivity index (χ3n) is 3.13. The maximum atomic E-state index is 12.1. The molecule has 2 aromatic rings. The molecule has 0 fully saturated rings. The van der Waals surface area contributed by atoms with Crippen molar-refractivity contribution in [1.82, 2.24) is 9.47 Å². The smallest absolute Gasteiger partial charge is 0.250 e. The molecule has 0 N–H and O–H groups in total. The first-order chi connectivity index (χ1) is 10.1. The molecule has 1 heterocycles. The molecule has 0 atom stereocenters. The van der Waals surface area contributed by atoms with Crippen LogP contribution in [0.4, 0.5) is 0 Å². The number of rotatable bonds is 4. The zero-order chi connectivity index (χ0) is 15.2. The summed E-state index contributed by atoms with van der Waals surface area (Å²) in [5, 5.41) is 8.74. The van der Waals surface area contributed by atoms with Crippen LogP contribution in [0.1, 0.15) is 11.1 Å². The lowest BCUT2D eigenvalue weighted by molar-refractivity contribution is -0.131. The van der Waals surface area contributed by atoms with E-state index in [-0.39, 0.29) is 18.0 Å². The highest BCUT2D eigenvalue weighted by Gasteiger charge is 2.10. The molecule has 1 aromatic heterocycles. The van der Waals surface area contributed by atoms with Crippen LogP contribution in [-0.4, -0.2) is 22.4 Å². The van der Waals surface area contributed by atoms with E-state index in [9.17, 15) is 9.59 Å². The van der Waals surface area contributed by atoms with Crippen molar-refractivity contribution in [2.45, 2.75) is 13.1 Å². The Morgan fingerprint density at radius 1 is 1.24 bits per heavy atom. The van der Waals surface area contributed by atoms with Crippen LogP contribution in [0.2, 0.25) is 0 Å². The quantitative estimate of drug-likeness (QED) is 0.850. The Hall–Kier alpha value is -2.87. The number of pyridine rings is 1. The lowest BCUT2D eigenvalue weighted by Gasteiger charge is -2.18. The summed E-state index contributed by atoms with van der Waals surface area (Å²) in [4.78, 5) is 25.2. The van der Waals surface area contributed by atoms with Crippen LogP contribution in [0.5, 0.6) is 0 Å². The molecule has 0 aliphatic rings. The van der Waals surface area contributed by atoms with E-state index < -0.39 is 0 Å². The van der Waals surface area contributed by atoms with Gasteiger partial charge >= 0.3 is 0 Å². The third-order valence-corrected chi connectivity index (χ3v) is 3.13. The minimum absolute atomic E-state index is 0.0203. The average Bonchev–Trinajstić information content (AvgIpc) is 2.50. The van der Waals surface area contributed by atoms with Crippen molar-refractivity contribution >= 4 is 5.91 Å². The molecule has 106 valence electrons. The van der Waals surface area contributed by atoms with Gasteiger partial charge in [-0.05, 0) is 23.8 Å². The standard InChI is InChI=1S/C16H15N3O2/c1-18(11-14-7-5-13(10-17)6-8-14)16(21)12-19-9-3-2-4-15(19)20/h2-9H,11-12H2,1H3. The summed E-state index contributed by atoms with van der Waals surface area (Å²) in [7, 11) is 1.69. The van der Waals surface area contributed by atoms with E-state index in [0.717, 1.165) is 5.56 Å². The molecule has 5 heteroatoms. The summed E-state index contributed by atoms with van der Waals surface area (Å²) in [6, 6.07) is 13.9. The van der Waals surface area contributed by atoms with Crippen molar-refractivity contribution in [3.63, 3.8) is 0 Å². The zero-order valence-corrected chi connectivity index (χ0v) is 11.7. The number of benzene rings is 1. The lowest BCUT2D eigenvalue weighted by atomic mass is 10.1. The molecule has 1 amide bonds. The lowest BCUT2D eigenvalue weighted by Crippen LogP contribution is -2.33. The number of aromatic nitrogens is 1. The highest BCUT2D eigenvalue weighted by molar-refractivity contribution is 5.75. The number of nitriles is 1. The molecule has 0 unspecified atom stereocenters. The van der Waals surface area contributed by atoms with Gasteiger partial charge in [0.25, 0.3) is 5.56 Å². The second-order valence-corrected chi connectivity index (χ2v) is 4.73. The summed E-state index contributed by atoms with van der Waals surface area (Å²) in [6.07, 6.45) is 1.59. The fourth-order valence-electron chi connectivity index (χ4n) is 1.90. The Labute approximate surface area is 122 Å². The van der Waals surface area contributed by atoms with Crippen LogP contribution in [0.25, 0.3) is 0 Å². The highest BCUT2D eigenvalue weighted by Crippen LogP contribution is 2.06. The molecule has 0 aliphatic carbocycles. The van der Waals surface area contributed by atoms with E-state index in [1.807, 2.05) is 12.1 Å². The van der Waals surface area contributed by atoms with E-state index in [0.29, 0.717) is 12.1 Å². The first kappa shape index (κ1) is 14.5. The number of carbonyl (C=O) groups excluding carboxylic acids is 1. The maximum absolute atomic E-state index is 12.1. The Morgan fingerprint density at radius 2 is 1.95 bits per heavy atom. The van der Waals surface area contributed by atoms with Gasteiger partial charge < -0.3 is 9.47 Å². The molecule has 1 aromatic carbocycles. The van der Waals surface area contributed by atoms with Crippen molar-refractivity contribution in [1.29, 1.82) is 5.26 Å². The molecule has 21 heavy (non-hydrogen) atoms. The zero-order valence-electron chi connectivity index (χ0n) is 11.7. The number of nitrogens with zero attached hydrogens (tertiary/aromatic N) is 3. The fraction of sp³-hybridized carbons (Fsp3) is 0.188. The van der Waals surface area contributed by atoms with E-state index in [1.165, 1.54) is 10.6 Å². The van der Waals surface area contributed by atoms with Crippen LogP contribution < -0.4 is 5.56 Å². The summed E-state index contributed by atoms with van der Waals surface area (Å²) in [5.74, 6) is -0.146. The monoisotopic (exact) mass is 281 g/mol. The molecule has 2 rings (SSSR count). The fourth-order valence-corrected chi connectivity index (χ4v) is 1.90. The number of carbonyl (C=O) groups is 1. The van der Waals surface area contributed by atoms with Crippen LogP contribution >= 0.6 is 0 Å². The minimum Gasteiger partial charge on any atom is -0.340 e. The first-order valence-corrected chi connectivity index (χ1v) is 6.48. The molecule has 0 radical (unpaired) electrons. The van der Waals surface area contributed by atoms with Crippen molar-refractivity contribution in [2.75, 3.05) is 7.05 Å². The predicted molar refractivity (Wildman–Crippen MR) is 78.3 cm³/mol. The van der Waals surface area contributed by atoms with Gasteiger partial charge in [-0.25, -0.2) is 0 Å². The van der Waals surface area contributed by atoms with Crippen LogP contribution in [0.15, 0.2) is 53.5 Å². The SMILES string of the molecule is CN(Cc1ccc(C#N)cc1)C(=O)Cn1ccccc1=O. The van der Waals surface area contributed by atoms with Gasteiger partial charge in [-0.3, -0.25) is 9.59 Å². The van der Waals surface area contributed by atoms with E-state index in [1.54, 1.807) is 42.4 Å². The number of likely N-dealkylation sites (N-methyl/N-ethyl adjacent to an activating group) is 1. The Morgan fingerprint density at radius 3 is 2.57 bits per heavy atom. The van der Waals surface area contributed by atoms with Crippen molar-refractivity contribution in [3.8, 4) is 6.07 Å². The number of hydrogen-bond acceptors (Lipinski definition) is 3. The van der Waals surface area contributed by atoms with Crippen LogP contribution in [0.3, 0.4) is 0 Å². The van der Waals surface area contributed by atoms with Gasteiger partial charge in [0.1, 0.15) is 6.54 Å². The maximum Gasteiger partial charge on any atom is 0.250 e. The Kier molecular flexibility index (Phi) is 4.52. The van der Waals surface area contributed by atoms with Gasteiger partial charge in [-0.15, -0.1) is 0 Å². The van der Waals surface area contributed by atoms with Gasteiger partial charge in [-0.1, -0.05) is 18.2 Å². The topological polar surface area (TPSA) is 66.1 Å². The highest BCUT2D eigenvalue weighted by atomic mass is 16.2. The summed E-state index contributed by atoms with van der Waals surface area (Å²) in [6.45, 7) is 0.457. The van der Waals surface area contributed by atoms with E-state index >= 15 is 0 Å². The molecular weight excluding hydrogens is 266 g/mol. The van der Waals surface area contributed by atoms with Crippen molar-refractivity contribution in [3.05, 3.63) is 70.1 Å². The number of hydrogen-bond donors (Lipinski definition) is 0. The largest absolute Gasteiger partial charge is 0.340 e. The summed E-state index contributed by atoms with van der Waals surface area (Å²) >= 11 is 0. The molecular formula is C16H15N3O2. The van der Waals surface area contributed by atoms with Gasteiger partial charge in [0.05, 0.1) is 11.6 Å². The van der Waals surface area contributed by atoms with Crippen LogP contribution in [-0.2, 0) is 17.9 Å². The molecule has 0 saturated heterocycles. The summed E-state index contributed by atoms with van der Waals surface area (Å²) < 4.78 is 1.37. The first-order valence-electron chi connectivity index (χ1n) is 6.48. The Balaban J connectivity index is 2.01. The normalized spacial score (nSPS) is 9.90. The molecule has 5 nitrogen and oxygen atoms in total. The van der Waals surface area contributed by atoms with Crippen molar-refractivity contribution in [2.24, 2.45) is 0 Å².